The van der Waals surface area contributed by atoms with Gasteiger partial charge in [0.2, 0.25) is 0 Å². The van der Waals surface area contributed by atoms with Gasteiger partial charge in [0.15, 0.2) is 11.5 Å². The Labute approximate surface area is 117 Å². The number of rotatable bonds is 5. The average molecular weight is 299 g/mol. The Morgan fingerprint density at radius 3 is 2.38 bits per heavy atom. The number of halogens is 2. The fourth-order valence-electron chi connectivity index (χ4n) is 1.79. The highest BCUT2D eigenvalue weighted by Crippen LogP contribution is 2.40. The van der Waals surface area contributed by atoms with Crippen LogP contribution in [0.3, 0.4) is 0 Å². The quantitative estimate of drug-likeness (QED) is 0.914. The Morgan fingerprint density at radius 2 is 1.90 bits per heavy atom. The molecule has 0 fully saturated rings. The van der Waals surface area contributed by atoms with Crippen LogP contribution in [0.2, 0.25) is 0 Å². The van der Waals surface area contributed by atoms with Crippen molar-refractivity contribution in [3.8, 4) is 22.8 Å². The Morgan fingerprint density at radius 1 is 1.24 bits per heavy atom. The van der Waals surface area contributed by atoms with Crippen LogP contribution in [-0.2, 0) is 0 Å². The Hall–Kier alpha value is -2.64. The molecule has 0 aliphatic carbocycles. The number of hydrogen-bond acceptors (Lipinski definition) is 5. The molecule has 1 N–H and O–H groups in total. The van der Waals surface area contributed by atoms with Gasteiger partial charge >= 0.3 is 5.97 Å². The van der Waals surface area contributed by atoms with Crippen molar-refractivity contribution in [1.29, 1.82) is 0 Å². The van der Waals surface area contributed by atoms with Crippen molar-refractivity contribution in [2.45, 2.75) is 6.43 Å². The fourth-order valence-corrected chi connectivity index (χ4v) is 1.79. The second-order valence-electron chi connectivity index (χ2n) is 3.98. The van der Waals surface area contributed by atoms with Crippen molar-refractivity contribution in [2.24, 2.45) is 0 Å². The van der Waals surface area contributed by atoms with Crippen LogP contribution in [0.5, 0.6) is 11.5 Å². The summed E-state index contributed by atoms with van der Waals surface area (Å²) < 4.78 is 40.9. The summed E-state index contributed by atoms with van der Waals surface area (Å²) in [4.78, 5) is 10.8. The van der Waals surface area contributed by atoms with Gasteiger partial charge in [-0.2, -0.15) is 0 Å². The number of hydrogen-bond donors (Lipinski definition) is 1. The zero-order valence-corrected chi connectivity index (χ0v) is 11.1. The minimum absolute atomic E-state index is 0.00815. The lowest BCUT2D eigenvalue weighted by Gasteiger charge is -2.12. The maximum Gasteiger partial charge on any atom is 0.358 e. The molecular formula is C13H11F2NO5. The van der Waals surface area contributed by atoms with Gasteiger partial charge in [-0.25, -0.2) is 13.6 Å². The van der Waals surface area contributed by atoms with Crippen molar-refractivity contribution in [2.75, 3.05) is 14.2 Å². The van der Waals surface area contributed by atoms with E-state index < -0.39 is 12.4 Å². The first-order chi connectivity index (χ1) is 9.97. The Kier molecular flexibility index (Phi) is 4.06. The summed E-state index contributed by atoms with van der Waals surface area (Å²) in [6, 6.07) is 3.52. The van der Waals surface area contributed by atoms with Gasteiger partial charge in [0, 0.05) is 12.1 Å². The van der Waals surface area contributed by atoms with Crippen molar-refractivity contribution in [1.82, 2.24) is 5.16 Å². The average Bonchev–Trinajstić information content (AvgIpc) is 2.95. The summed E-state index contributed by atoms with van der Waals surface area (Å²) in [5.74, 6) is -1.12. The molecule has 0 saturated carbocycles. The molecule has 1 heterocycles. The lowest BCUT2D eigenvalue weighted by atomic mass is 10.1. The number of aromatic carboxylic acids is 1. The first-order valence-electron chi connectivity index (χ1n) is 5.72. The zero-order chi connectivity index (χ0) is 15.6. The van der Waals surface area contributed by atoms with E-state index in [9.17, 15) is 13.6 Å². The largest absolute Gasteiger partial charge is 0.496 e. The number of benzene rings is 1. The third-order valence-electron chi connectivity index (χ3n) is 2.78. The molecule has 2 rings (SSSR count). The van der Waals surface area contributed by atoms with E-state index in [1.54, 1.807) is 0 Å². The van der Waals surface area contributed by atoms with Gasteiger partial charge in [-0.3, -0.25) is 0 Å². The van der Waals surface area contributed by atoms with E-state index >= 15 is 0 Å². The van der Waals surface area contributed by atoms with Crippen LogP contribution in [0.25, 0.3) is 11.3 Å². The van der Waals surface area contributed by atoms with Gasteiger partial charge in [0.05, 0.1) is 25.3 Å². The number of carboxylic acid groups (broad SMARTS) is 1. The molecule has 112 valence electrons. The molecule has 0 aliphatic rings. The van der Waals surface area contributed by atoms with E-state index in [4.69, 9.17) is 19.1 Å². The van der Waals surface area contributed by atoms with Crippen LogP contribution in [0.15, 0.2) is 22.7 Å². The second kappa shape index (κ2) is 5.78. The maximum absolute atomic E-state index is 13.0. The molecule has 0 atom stereocenters. The highest BCUT2D eigenvalue weighted by molar-refractivity contribution is 5.87. The third-order valence-corrected chi connectivity index (χ3v) is 2.78. The summed E-state index contributed by atoms with van der Waals surface area (Å²) in [6.45, 7) is 0. The number of carboxylic acids is 1. The third kappa shape index (κ3) is 2.78. The second-order valence-corrected chi connectivity index (χ2v) is 3.98. The number of ether oxygens (including phenoxy) is 2. The minimum Gasteiger partial charge on any atom is -0.496 e. The first-order valence-corrected chi connectivity index (χ1v) is 5.72. The van der Waals surface area contributed by atoms with Gasteiger partial charge in [0.1, 0.15) is 11.5 Å². The lowest BCUT2D eigenvalue weighted by Crippen LogP contribution is -1.97. The normalized spacial score (nSPS) is 10.7. The van der Waals surface area contributed by atoms with Crippen LogP contribution in [0.4, 0.5) is 8.78 Å². The van der Waals surface area contributed by atoms with E-state index in [1.807, 2.05) is 0 Å². The summed E-state index contributed by atoms with van der Waals surface area (Å²) in [7, 11) is 2.60. The van der Waals surface area contributed by atoms with Crippen molar-refractivity contribution in [3.05, 3.63) is 29.5 Å². The fraction of sp³-hybridized carbons (Fsp3) is 0.231. The summed E-state index contributed by atoms with van der Waals surface area (Å²) in [5, 5.41) is 12.1. The first kappa shape index (κ1) is 14.8. The molecule has 0 bridgehead atoms. The lowest BCUT2D eigenvalue weighted by molar-refractivity contribution is 0.0685. The predicted octanol–water partition coefficient (Wildman–Crippen LogP) is 2.99. The van der Waals surface area contributed by atoms with E-state index in [1.165, 1.54) is 20.3 Å². The summed E-state index contributed by atoms with van der Waals surface area (Å²) in [6.07, 6.45) is -2.77. The molecule has 0 saturated heterocycles. The highest BCUT2D eigenvalue weighted by atomic mass is 19.3. The molecular weight excluding hydrogens is 288 g/mol. The molecule has 0 radical (unpaired) electrons. The number of aromatic nitrogens is 1. The molecule has 1 aromatic heterocycles. The standard InChI is InChI=1S/C13H11F2NO5/c1-19-9-5-10(20-2)7(12(14)15)3-6(9)11-4-8(13(17)18)16-21-11/h3-5,12H,1-2H3,(H,17,18). The molecule has 1 aromatic carbocycles. The van der Waals surface area contributed by atoms with E-state index in [0.29, 0.717) is 0 Å². The Balaban J connectivity index is 2.60. The highest BCUT2D eigenvalue weighted by Gasteiger charge is 2.22. The number of methoxy groups -OCH3 is 2. The van der Waals surface area contributed by atoms with Crippen molar-refractivity contribution in [3.63, 3.8) is 0 Å². The van der Waals surface area contributed by atoms with Gasteiger partial charge in [0.25, 0.3) is 6.43 Å². The smallest absolute Gasteiger partial charge is 0.358 e. The number of nitrogens with zero attached hydrogens (tertiary/aromatic N) is 1. The Bertz CT molecular complexity index is 669. The summed E-state index contributed by atoms with van der Waals surface area (Å²) in [5.41, 5.74) is -0.531. The molecule has 0 unspecified atom stereocenters. The molecule has 21 heavy (non-hydrogen) atoms. The summed E-state index contributed by atoms with van der Waals surface area (Å²) >= 11 is 0. The van der Waals surface area contributed by atoms with Crippen LogP contribution >= 0.6 is 0 Å². The minimum atomic E-state index is -2.77. The molecule has 0 aliphatic heterocycles. The molecule has 6 nitrogen and oxygen atoms in total. The monoisotopic (exact) mass is 299 g/mol. The maximum atomic E-state index is 13.0. The van der Waals surface area contributed by atoms with Crippen LogP contribution in [0.1, 0.15) is 22.5 Å². The van der Waals surface area contributed by atoms with Gasteiger partial charge in [-0.1, -0.05) is 5.16 Å². The van der Waals surface area contributed by atoms with Crippen molar-refractivity contribution >= 4 is 5.97 Å². The SMILES string of the molecule is COc1cc(OC)c(C(F)F)cc1-c1cc(C(=O)O)no1. The molecule has 0 amide bonds. The molecule has 2 aromatic rings. The van der Waals surface area contributed by atoms with E-state index in [2.05, 4.69) is 5.16 Å². The van der Waals surface area contributed by atoms with E-state index in [-0.39, 0.29) is 34.1 Å². The topological polar surface area (TPSA) is 81.8 Å². The van der Waals surface area contributed by atoms with Crippen LogP contribution in [-0.4, -0.2) is 30.5 Å². The van der Waals surface area contributed by atoms with Gasteiger partial charge in [-0.05, 0) is 6.07 Å². The predicted molar refractivity (Wildman–Crippen MR) is 67.0 cm³/mol. The number of alkyl halides is 2. The molecule has 0 spiro atoms. The zero-order valence-electron chi connectivity index (χ0n) is 11.1. The van der Waals surface area contributed by atoms with Gasteiger partial charge in [-0.15, -0.1) is 0 Å². The number of carbonyl (C=O) groups is 1. The molecule has 8 heteroatoms. The van der Waals surface area contributed by atoms with Crippen LogP contribution < -0.4 is 9.47 Å². The van der Waals surface area contributed by atoms with Crippen molar-refractivity contribution < 1.29 is 32.7 Å². The van der Waals surface area contributed by atoms with Gasteiger partial charge < -0.3 is 19.1 Å². The van der Waals surface area contributed by atoms with Crippen LogP contribution in [0, 0.1) is 0 Å². The van der Waals surface area contributed by atoms with E-state index in [0.717, 1.165) is 12.1 Å².